The first-order chi connectivity index (χ1) is 19.7. The predicted octanol–water partition coefficient (Wildman–Crippen LogP) is 7.35. The number of benzene rings is 4. The Morgan fingerprint density at radius 1 is 0.450 bits per heavy atom. The van der Waals surface area contributed by atoms with Crippen LogP contribution >= 0.6 is 0 Å². The van der Waals surface area contributed by atoms with Crippen LogP contribution in [-0.4, -0.2) is 21.6 Å². The van der Waals surface area contributed by atoms with Crippen LogP contribution in [-0.2, 0) is 9.59 Å². The molecule has 0 spiro atoms. The lowest BCUT2D eigenvalue weighted by Gasteiger charge is -2.25. The molecular weight excluding hydrogens is 492 g/mol. The molecule has 2 amide bonds. The van der Waals surface area contributed by atoms with Crippen LogP contribution in [0, 0.1) is 0 Å². The second kappa shape index (κ2) is 8.52. The Morgan fingerprint density at radius 3 is 1.30 bits per heavy atom. The second-order valence-electron chi connectivity index (χ2n) is 10.1. The van der Waals surface area contributed by atoms with E-state index in [0.717, 1.165) is 55.9 Å². The zero-order chi connectivity index (χ0) is 26.8. The fourth-order valence-electron chi connectivity index (χ4n) is 6.10. The molecule has 0 bridgehead atoms. The summed E-state index contributed by atoms with van der Waals surface area (Å²) in [4.78, 5) is 31.0. The highest BCUT2D eigenvalue weighted by Crippen LogP contribution is 2.45. The van der Waals surface area contributed by atoms with Crippen molar-refractivity contribution in [3.63, 3.8) is 0 Å². The highest BCUT2D eigenvalue weighted by atomic mass is 16.2. The SMILES string of the molecule is O=C1C(=C2C=C3c4c(cccc4-c4ccccc4)C=CN3C2=O)C=C2c3c(cccc3-c3ccccc3)C=CN12. The van der Waals surface area contributed by atoms with Crippen LogP contribution in [0.3, 0.4) is 0 Å². The monoisotopic (exact) mass is 514 g/mol. The summed E-state index contributed by atoms with van der Waals surface area (Å²) in [6.07, 6.45) is 11.3. The predicted molar refractivity (Wildman–Crippen MR) is 158 cm³/mol. The quantitative estimate of drug-likeness (QED) is 0.262. The molecule has 4 heteroatoms. The maximum Gasteiger partial charge on any atom is 0.263 e. The number of carbonyl (C=O) groups is 2. The molecule has 0 radical (unpaired) electrons. The van der Waals surface area contributed by atoms with E-state index in [0.29, 0.717) is 11.1 Å². The minimum Gasteiger partial charge on any atom is -0.283 e. The third-order valence-corrected chi connectivity index (χ3v) is 7.95. The molecule has 4 aliphatic heterocycles. The molecule has 4 aromatic carbocycles. The van der Waals surface area contributed by atoms with E-state index in [1.54, 1.807) is 22.2 Å². The third kappa shape index (κ3) is 3.20. The van der Waals surface area contributed by atoms with Gasteiger partial charge in [-0.05, 0) is 57.7 Å². The first-order valence-corrected chi connectivity index (χ1v) is 13.3. The smallest absolute Gasteiger partial charge is 0.263 e. The molecule has 8 rings (SSSR count). The lowest BCUT2D eigenvalue weighted by atomic mass is 9.91. The van der Waals surface area contributed by atoms with Gasteiger partial charge in [-0.15, -0.1) is 0 Å². The van der Waals surface area contributed by atoms with Crippen LogP contribution in [0.15, 0.2) is 133 Å². The van der Waals surface area contributed by atoms with Crippen LogP contribution in [0.2, 0.25) is 0 Å². The summed E-state index contributed by atoms with van der Waals surface area (Å²) in [7, 11) is 0. The summed E-state index contributed by atoms with van der Waals surface area (Å²) in [5.74, 6) is -0.388. The zero-order valence-electron chi connectivity index (χ0n) is 21.4. The molecule has 4 nitrogen and oxygen atoms in total. The molecule has 0 aromatic heterocycles. The lowest BCUT2D eigenvalue weighted by Crippen LogP contribution is -2.25. The van der Waals surface area contributed by atoms with Gasteiger partial charge < -0.3 is 0 Å². The fraction of sp³-hybridized carbons (Fsp3) is 0. The van der Waals surface area contributed by atoms with Gasteiger partial charge in [-0.25, -0.2) is 0 Å². The van der Waals surface area contributed by atoms with Crippen molar-refractivity contribution in [2.75, 3.05) is 0 Å². The molecule has 0 saturated carbocycles. The first-order valence-electron chi connectivity index (χ1n) is 13.3. The van der Waals surface area contributed by atoms with Gasteiger partial charge in [0.1, 0.15) is 0 Å². The van der Waals surface area contributed by atoms with Crippen LogP contribution in [0.1, 0.15) is 22.3 Å². The molecule has 40 heavy (non-hydrogen) atoms. The van der Waals surface area contributed by atoms with E-state index in [1.165, 1.54) is 0 Å². The van der Waals surface area contributed by atoms with Gasteiger partial charge in [-0.1, -0.05) is 97.1 Å². The van der Waals surface area contributed by atoms with Crippen molar-refractivity contribution >= 4 is 35.4 Å². The van der Waals surface area contributed by atoms with E-state index in [-0.39, 0.29) is 11.8 Å². The molecule has 0 unspecified atom stereocenters. The summed E-state index contributed by atoms with van der Waals surface area (Å²) in [5, 5.41) is 0. The van der Waals surface area contributed by atoms with Crippen LogP contribution in [0.25, 0.3) is 45.8 Å². The van der Waals surface area contributed by atoms with E-state index < -0.39 is 0 Å². The van der Waals surface area contributed by atoms with Crippen molar-refractivity contribution in [2.24, 2.45) is 0 Å². The molecule has 4 aliphatic rings. The average Bonchev–Trinajstić information content (AvgIpc) is 3.53. The molecule has 0 saturated heterocycles. The van der Waals surface area contributed by atoms with Crippen molar-refractivity contribution in [3.05, 3.63) is 155 Å². The van der Waals surface area contributed by atoms with E-state index in [4.69, 9.17) is 0 Å². The Morgan fingerprint density at radius 2 is 0.875 bits per heavy atom. The largest absolute Gasteiger partial charge is 0.283 e. The Hall–Kier alpha value is -5.48. The van der Waals surface area contributed by atoms with Crippen molar-refractivity contribution < 1.29 is 9.59 Å². The Bertz CT molecular complexity index is 1780. The first kappa shape index (κ1) is 22.5. The van der Waals surface area contributed by atoms with Gasteiger partial charge in [0, 0.05) is 23.5 Å². The highest BCUT2D eigenvalue weighted by Gasteiger charge is 2.39. The van der Waals surface area contributed by atoms with Crippen molar-refractivity contribution in [2.45, 2.75) is 0 Å². The van der Waals surface area contributed by atoms with Crippen molar-refractivity contribution in [1.82, 2.24) is 9.80 Å². The lowest BCUT2D eigenvalue weighted by molar-refractivity contribution is -0.123. The summed E-state index contributed by atoms with van der Waals surface area (Å²) in [5.41, 5.74) is 10.7. The Kier molecular flexibility index (Phi) is 4.79. The van der Waals surface area contributed by atoms with Gasteiger partial charge in [0.15, 0.2) is 0 Å². The molecule has 0 aliphatic carbocycles. The minimum absolute atomic E-state index is 0.194. The zero-order valence-corrected chi connectivity index (χ0v) is 21.4. The van der Waals surface area contributed by atoms with Crippen LogP contribution in [0.4, 0.5) is 0 Å². The number of hydrogen-bond donors (Lipinski definition) is 0. The standard InChI is InChI=1S/C36H22N2O2/c39-35-29(21-31-33-25(17-19-37(31)35)13-7-15-27(33)23-9-3-1-4-10-23)30-22-32-34-26(18-20-38(32)36(30)40)14-8-16-28(34)24-11-5-2-6-12-24/h1-22H. The maximum absolute atomic E-state index is 13.8. The van der Waals surface area contributed by atoms with E-state index >= 15 is 0 Å². The third-order valence-electron chi connectivity index (χ3n) is 7.95. The van der Waals surface area contributed by atoms with Crippen molar-refractivity contribution in [3.8, 4) is 22.3 Å². The fourth-order valence-corrected chi connectivity index (χ4v) is 6.10. The van der Waals surface area contributed by atoms with Gasteiger partial charge >= 0.3 is 0 Å². The minimum atomic E-state index is -0.194. The molecule has 0 atom stereocenters. The number of nitrogens with zero attached hydrogens (tertiary/aromatic N) is 2. The molecule has 4 heterocycles. The number of hydrogen-bond acceptors (Lipinski definition) is 2. The molecule has 4 aromatic rings. The summed E-state index contributed by atoms with van der Waals surface area (Å²) in [6.45, 7) is 0. The summed E-state index contributed by atoms with van der Waals surface area (Å²) in [6, 6.07) is 32.7. The Labute approximate surface area is 231 Å². The maximum atomic E-state index is 13.8. The van der Waals surface area contributed by atoms with Gasteiger partial charge in [0.2, 0.25) is 0 Å². The molecular formula is C36H22N2O2. The molecule has 188 valence electrons. The number of fused-ring (bicyclic) bond motifs is 6. The van der Waals surface area contributed by atoms with E-state index in [9.17, 15) is 9.59 Å². The van der Waals surface area contributed by atoms with Crippen LogP contribution in [0.5, 0.6) is 0 Å². The van der Waals surface area contributed by atoms with Gasteiger partial charge in [-0.2, -0.15) is 0 Å². The Balaban J connectivity index is 1.31. The highest BCUT2D eigenvalue weighted by molar-refractivity contribution is 6.20. The van der Waals surface area contributed by atoms with Crippen molar-refractivity contribution in [1.29, 1.82) is 0 Å². The topological polar surface area (TPSA) is 40.6 Å². The van der Waals surface area contributed by atoms with Gasteiger partial charge in [0.25, 0.3) is 11.8 Å². The summed E-state index contributed by atoms with van der Waals surface area (Å²) < 4.78 is 0. The van der Waals surface area contributed by atoms with Crippen LogP contribution < -0.4 is 0 Å². The summed E-state index contributed by atoms with van der Waals surface area (Å²) >= 11 is 0. The molecule has 0 N–H and O–H groups in total. The average molecular weight is 515 g/mol. The van der Waals surface area contributed by atoms with E-state index in [2.05, 4.69) is 48.5 Å². The normalized spacial score (nSPS) is 18.3. The second-order valence-corrected chi connectivity index (χ2v) is 10.1. The van der Waals surface area contributed by atoms with E-state index in [1.807, 2.05) is 72.8 Å². The number of rotatable bonds is 2. The van der Waals surface area contributed by atoms with Gasteiger partial charge in [-0.3, -0.25) is 19.4 Å². The van der Waals surface area contributed by atoms with Gasteiger partial charge in [0.05, 0.1) is 22.5 Å². The molecule has 0 fully saturated rings. The number of amides is 2. The number of carbonyl (C=O) groups excluding carboxylic acids is 2.